The largest absolute Gasteiger partial charge is 0.326 e. The van der Waals surface area contributed by atoms with E-state index in [1.807, 2.05) is 18.8 Å². The van der Waals surface area contributed by atoms with Crippen LogP contribution in [0.15, 0.2) is 0 Å². The predicted octanol–water partition coefficient (Wildman–Crippen LogP) is 2.50. The second kappa shape index (κ2) is 7.02. The smallest absolute Gasteiger partial charge is 0.237 e. The SMILES string of the molecule is CC1SCCN(CC(=O)N(C)C2(C#N)CCCCC2)C1C. The highest BCUT2D eigenvalue weighted by molar-refractivity contribution is 8.00. The quantitative estimate of drug-likeness (QED) is 0.803. The summed E-state index contributed by atoms with van der Waals surface area (Å²) in [6, 6.07) is 2.86. The fraction of sp³-hybridized carbons (Fsp3) is 0.875. The van der Waals surface area contributed by atoms with Gasteiger partial charge in [-0.15, -0.1) is 0 Å². The van der Waals surface area contributed by atoms with Gasteiger partial charge < -0.3 is 4.90 Å². The second-order valence-electron chi connectivity index (χ2n) is 6.44. The number of hydrogen-bond donors (Lipinski definition) is 0. The van der Waals surface area contributed by atoms with Crippen molar-refractivity contribution in [3.63, 3.8) is 0 Å². The van der Waals surface area contributed by atoms with E-state index in [0.29, 0.717) is 17.8 Å². The van der Waals surface area contributed by atoms with Crippen molar-refractivity contribution >= 4 is 17.7 Å². The standard InChI is InChI=1S/C16H27N3OS/c1-13-14(2)21-10-9-19(13)11-15(20)18(3)16(12-17)7-5-4-6-8-16/h13-14H,4-11H2,1-3H3. The van der Waals surface area contributed by atoms with E-state index in [4.69, 9.17) is 0 Å². The molecule has 2 rings (SSSR count). The minimum absolute atomic E-state index is 0.101. The maximum absolute atomic E-state index is 12.7. The highest BCUT2D eigenvalue weighted by Crippen LogP contribution is 2.33. The first-order valence-corrected chi connectivity index (χ1v) is 9.08. The van der Waals surface area contributed by atoms with Crippen molar-refractivity contribution in [1.29, 1.82) is 5.26 Å². The Morgan fingerprint density at radius 1 is 1.38 bits per heavy atom. The molecule has 1 amide bonds. The zero-order valence-corrected chi connectivity index (χ0v) is 14.3. The first kappa shape index (κ1) is 16.6. The highest BCUT2D eigenvalue weighted by atomic mass is 32.2. The molecule has 0 N–H and O–H groups in total. The summed E-state index contributed by atoms with van der Waals surface area (Å²) >= 11 is 1.98. The summed E-state index contributed by atoms with van der Waals surface area (Å²) in [6.45, 7) is 5.85. The molecular weight excluding hydrogens is 282 g/mol. The molecule has 2 unspecified atom stereocenters. The fourth-order valence-corrected chi connectivity index (χ4v) is 4.56. The molecule has 0 aromatic carbocycles. The van der Waals surface area contributed by atoms with Crippen molar-refractivity contribution in [2.24, 2.45) is 0 Å². The average Bonchev–Trinajstić information content (AvgIpc) is 2.51. The molecule has 21 heavy (non-hydrogen) atoms. The van der Waals surface area contributed by atoms with Gasteiger partial charge >= 0.3 is 0 Å². The predicted molar refractivity (Wildman–Crippen MR) is 87.2 cm³/mol. The van der Waals surface area contributed by atoms with Crippen LogP contribution >= 0.6 is 11.8 Å². The van der Waals surface area contributed by atoms with E-state index in [-0.39, 0.29) is 5.91 Å². The Bertz CT molecular complexity index is 414. The van der Waals surface area contributed by atoms with Crippen LogP contribution in [0.1, 0.15) is 46.0 Å². The van der Waals surface area contributed by atoms with Gasteiger partial charge in [-0.05, 0) is 19.8 Å². The monoisotopic (exact) mass is 309 g/mol. The lowest BCUT2D eigenvalue weighted by atomic mass is 9.81. The average molecular weight is 309 g/mol. The molecule has 118 valence electrons. The highest BCUT2D eigenvalue weighted by Gasteiger charge is 2.39. The number of carbonyl (C=O) groups excluding carboxylic acids is 1. The van der Waals surface area contributed by atoms with Gasteiger partial charge in [0, 0.05) is 30.6 Å². The van der Waals surface area contributed by atoms with Crippen LogP contribution in [0.5, 0.6) is 0 Å². The van der Waals surface area contributed by atoms with Gasteiger partial charge in [0.2, 0.25) is 5.91 Å². The minimum Gasteiger partial charge on any atom is -0.326 e. The molecule has 2 aliphatic rings. The number of amides is 1. The normalized spacial score (nSPS) is 29.6. The van der Waals surface area contributed by atoms with Crippen LogP contribution in [0.4, 0.5) is 0 Å². The van der Waals surface area contributed by atoms with E-state index in [0.717, 1.165) is 38.0 Å². The molecule has 0 aromatic heterocycles. The summed E-state index contributed by atoms with van der Waals surface area (Å²) in [5.74, 6) is 1.19. The molecule has 0 bridgehead atoms. The maximum atomic E-state index is 12.7. The van der Waals surface area contributed by atoms with E-state index in [2.05, 4.69) is 24.8 Å². The lowest BCUT2D eigenvalue weighted by molar-refractivity contribution is -0.136. The van der Waals surface area contributed by atoms with E-state index in [1.54, 1.807) is 4.90 Å². The van der Waals surface area contributed by atoms with Crippen molar-refractivity contribution in [3.8, 4) is 6.07 Å². The van der Waals surface area contributed by atoms with Crippen LogP contribution in [-0.2, 0) is 4.79 Å². The number of nitriles is 1. The summed E-state index contributed by atoms with van der Waals surface area (Å²) in [5.41, 5.74) is -0.561. The van der Waals surface area contributed by atoms with Gasteiger partial charge in [0.05, 0.1) is 12.6 Å². The first-order chi connectivity index (χ1) is 10.00. The molecule has 1 aliphatic heterocycles. The van der Waals surface area contributed by atoms with Crippen LogP contribution in [0.25, 0.3) is 0 Å². The molecule has 0 radical (unpaired) electrons. The molecule has 2 fully saturated rings. The van der Waals surface area contributed by atoms with E-state index < -0.39 is 5.54 Å². The van der Waals surface area contributed by atoms with Crippen LogP contribution in [0.2, 0.25) is 0 Å². The van der Waals surface area contributed by atoms with Crippen LogP contribution < -0.4 is 0 Å². The molecule has 4 nitrogen and oxygen atoms in total. The number of thioether (sulfide) groups is 1. The minimum atomic E-state index is -0.561. The van der Waals surface area contributed by atoms with Gasteiger partial charge in [-0.25, -0.2) is 0 Å². The van der Waals surface area contributed by atoms with Gasteiger partial charge in [0.15, 0.2) is 0 Å². The topological polar surface area (TPSA) is 47.3 Å². The van der Waals surface area contributed by atoms with Gasteiger partial charge in [-0.2, -0.15) is 17.0 Å². The molecule has 1 saturated carbocycles. The van der Waals surface area contributed by atoms with E-state index in [1.165, 1.54) is 6.42 Å². The summed E-state index contributed by atoms with van der Waals surface area (Å²) in [4.78, 5) is 16.7. The van der Waals surface area contributed by atoms with Crippen molar-refractivity contribution in [2.75, 3.05) is 25.9 Å². The summed E-state index contributed by atoms with van der Waals surface area (Å²) in [5, 5.41) is 10.2. The number of nitrogens with zero attached hydrogens (tertiary/aromatic N) is 3. The Hall–Kier alpha value is -0.730. The van der Waals surface area contributed by atoms with Crippen LogP contribution in [0.3, 0.4) is 0 Å². The maximum Gasteiger partial charge on any atom is 0.237 e. The summed E-state index contributed by atoms with van der Waals surface area (Å²) in [6.07, 6.45) is 4.95. The second-order valence-corrected chi connectivity index (χ2v) is 7.93. The zero-order valence-electron chi connectivity index (χ0n) is 13.5. The first-order valence-electron chi connectivity index (χ1n) is 8.04. The Kier molecular flexibility index (Phi) is 5.56. The molecule has 1 saturated heterocycles. The third-order valence-electron chi connectivity index (χ3n) is 5.26. The lowest BCUT2D eigenvalue weighted by Crippen LogP contribution is -2.55. The Morgan fingerprint density at radius 3 is 2.67 bits per heavy atom. The third-order valence-corrected chi connectivity index (χ3v) is 6.60. The van der Waals surface area contributed by atoms with Crippen molar-refractivity contribution in [3.05, 3.63) is 0 Å². The fourth-order valence-electron chi connectivity index (χ4n) is 3.40. The molecule has 0 spiro atoms. The van der Waals surface area contributed by atoms with Crippen molar-refractivity contribution in [1.82, 2.24) is 9.80 Å². The molecule has 5 heteroatoms. The summed E-state index contributed by atoms with van der Waals surface area (Å²) in [7, 11) is 1.82. The van der Waals surface area contributed by atoms with Crippen LogP contribution in [0, 0.1) is 11.3 Å². The molecule has 1 heterocycles. The Labute approximate surface area is 132 Å². The lowest BCUT2D eigenvalue weighted by Gasteiger charge is -2.42. The number of hydrogen-bond acceptors (Lipinski definition) is 4. The van der Waals surface area contributed by atoms with Gasteiger partial charge in [-0.1, -0.05) is 26.2 Å². The molecule has 0 aromatic rings. The van der Waals surface area contributed by atoms with E-state index in [9.17, 15) is 10.1 Å². The molecule has 2 atom stereocenters. The summed E-state index contributed by atoms with van der Waals surface area (Å²) < 4.78 is 0. The zero-order chi connectivity index (χ0) is 15.5. The van der Waals surface area contributed by atoms with Gasteiger partial charge in [-0.3, -0.25) is 9.69 Å². The van der Waals surface area contributed by atoms with E-state index >= 15 is 0 Å². The third kappa shape index (κ3) is 3.54. The number of rotatable bonds is 3. The molecular formula is C16H27N3OS. The van der Waals surface area contributed by atoms with Gasteiger partial charge in [0.1, 0.15) is 5.54 Å². The van der Waals surface area contributed by atoms with Crippen molar-refractivity contribution in [2.45, 2.75) is 62.8 Å². The van der Waals surface area contributed by atoms with Gasteiger partial charge in [0.25, 0.3) is 0 Å². The number of likely N-dealkylation sites (N-methyl/N-ethyl adjacent to an activating group) is 1. The van der Waals surface area contributed by atoms with Crippen molar-refractivity contribution < 1.29 is 4.79 Å². The Morgan fingerprint density at radius 2 is 2.05 bits per heavy atom. The molecule has 1 aliphatic carbocycles. The number of carbonyl (C=O) groups is 1. The van der Waals surface area contributed by atoms with Crippen LogP contribution in [-0.4, -0.2) is 58.4 Å². The Balaban J connectivity index is 2.00.